The second kappa shape index (κ2) is 7.50. The predicted octanol–water partition coefficient (Wildman–Crippen LogP) is 4.62. The molecule has 1 saturated heterocycles. The topological polar surface area (TPSA) is 41.0 Å². The Morgan fingerprint density at radius 3 is 2.55 bits per heavy atom. The molecule has 5 nitrogen and oxygen atoms in total. The molecule has 1 atom stereocenters. The number of hydrogen-bond donors (Lipinski definition) is 0. The van der Waals surface area contributed by atoms with Crippen LogP contribution in [0.5, 0.6) is 5.75 Å². The van der Waals surface area contributed by atoms with Gasteiger partial charge in [0, 0.05) is 62.4 Å². The molecule has 31 heavy (non-hydrogen) atoms. The fourth-order valence-electron chi connectivity index (χ4n) is 5.17. The van der Waals surface area contributed by atoms with Crippen molar-refractivity contribution in [1.29, 1.82) is 0 Å². The van der Waals surface area contributed by atoms with Gasteiger partial charge in [0.15, 0.2) is 0 Å². The fourth-order valence-corrected chi connectivity index (χ4v) is 5.17. The van der Waals surface area contributed by atoms with E-state index in [-0.39, 0.29) is 11.8 Å². The highest BCUT2D eigenvalue weighted by atomic mass is 16.5. The van der Waals surface area contributed by atoms with Gasteiger partial charge >= 0.3 is 0 Å². The van der Waals surface area contributed by atoms with Crippen LogP contribution >= 0.6 is 0 Å². The molecule has 0 saturated carbocycles. The Balaban J connectivity index is 1.29. The summed E-state index contributed by atoms with van der Waals surface area (Å²) in [6.07, 6.45) is 6.50. The van der Waals surface area contributed by atoms with Gasteiger partial charge in [0.25, 0.3) is 0 Å². The molecule has 0 bridgehead atoms. The maximum atomic E-state index is 6.73. The number of rotatable bonds is 3. The van der Waals surface area contributed by atoms with E-state index in [1.807, 2.05) is 18.5 Å². The molecule has 4 heterocycles. The average molecular weight is 411 g/mol. The lowest BCUT2D eigenvalue weighted by Gasteiger charge is -2.51. The van der Waals surface area contributed by atoms with E-state index >= 15 is 0 Å². The summed E-state index contributed by atoms with van der Waals surface area (Å²) >= 11 is 0. The molecule has 3 aromatic rings. The lowest BCUT2D eigenvalue weighted by Crippen LogP contribution is -2.59. The Kier molecular flexibility index (Phi) is 4.50. The summed E-state index contributed by atoms with van der Waals surface area (Å²) in [4.78, 5) is 6.84. The van der Waals surface area contributed by atoms with Crippen molar-refractivity contribution < 1.29 is 4.74 Å². The number of ether oxygens (including phenoxy) is 1. The Hall–Kier alpha value is -3.18. The Morgan fingerprint density at radius 1 is 0.935 bits per heavy atom. The molecular weight excluding hydrogens is 384 g/mol. The van der Waals surface area contributed by atoms with Crippen molar-refractivity contribution in [2.24, 2.45) is 5.10 Å². The highest BCUT2D eigenvalue weighted by Gasteiger charge is 2.51. The van der Waals surface area contributed by atoms with Gasteiger partial charge in [-0.05, 0) is 17.7 Å². The van der Waals surface area contributed by atoms with Gasteiger partial charge < -0.3 is 4.74 Å². The monoisotopic (exact) mass is 410 g/mol. The van der Waals surface area contributed by atoms with Crippen LogP contribution in [0.2, 0.25) is 0 Å². The van der Waals surface area contributed by atoms with E-state index < -0.39 is 0 Å². The van der Waals surface area contributed by atoms with Crippen LogP contribution in [0.3, 0.4) is 0 Å². The molecule has 3 aliphatic heterocycles. The van der Waals surface area contributed by atoms with E-state index in [4.69, 9.17) is 9.84 Å². The van der Waals surface area contributed by atoms with Crippen molar-refractivity contribution in [3.63, 3.8) is 0 Å². The normalized spacial score (nSPS) is 21.9. The van der Waals surface area contributed by atoms with Gasteiger partial charge in [-0.25, -0.2) is 5.01 Å². The highest BCUT2D eigenvalue weighted by molar-refractivity contribution is 6.01. The number of para-hydroxylation sites is 1. The summed E-state index contributed by atoms with van der Waals surface area (Å²) in [5.41, 5.74) is 4.43. The summed E-state index contributed by atoms with van der Waals surface area (Å²) in [6, 6.07) is 23.5. The molecule has 5 heteroatoms. The zero-order valence-electron chi connectivity index (χ0n) is 17.5. The van der Waals surface area contributed by atoms with E-state index in [0.29, 0.717) is 0 Å². The van der Waals surface area contributed by atoms with Crippen molar-refractivity contribution in [1.82, 2.24) is 14.9 Å². The minimum absolute atomic E-state index is 0.223. The molecule has 1 fully saturated rings. The number of nitrogens with zero attached hydrogens (tertiary/aromatic N) is 4. The van der Waals surface area contributed by atoms with Crippen LogP contribution in [0.4, 0.5) is 0 Å². The molecule has 156 valence electrons. The smallest absolute Gasteiger partial charge is 0.200 e. The number of fused-ring (bicyclic) bond motifs is 4. The van der Waals surface area contributed by atoms with Crippen molar-refractivity contribution in [2.75, 3.05) is 13.1 Å². The van der Waals surface area contributed by atoms with E-state index in [9.17, 15) is 0 Å². The third-order valence-corrected chi connectivity index (χ3v) is 6.79. The number of aromatic nitrogens is 1. The van der Waals surface area contributed by atoms with E-state index in [2.05, 4.69) is 75.6 Å². The van der Waals surface area contributed by atoms with E-state index in [1.54, 1.807) is 0 Å². The Morgan fingerprint density at radius 2 is 1.74 bits per heavy atom. The molecule has 1 unspecified atom stereocenters. The molecule has 1 spiro atoms. The number of hydrazone groups is 1. The molecule has 3 aliphatic rings. The first kappa shape index (κ1) is 18.6. The maximum absolute atomic E-state index is 6.73. The zero-order valence-corrected chi connectivity index (χ0v) is 17.5. The second-order valence-electron chi connectivity index (χ2n) is 8.70. The van der Waals surface area contributed by atoms with Gasteiger partial charge in [-0.3, -0.25) is 9.88 Å². The first-order chi connectivity index (χ1) is 15.3. The molecule has 1 aromatic heterocycles. The fraction of sp³-hybridized carbons (Fsp3) is 0.308. The maximum Gasteiger partial charge on any atom is 0.200 e. The number of piperidine rings is 1. The van der Waals surface area contributed by atoms with Crippen LogP contribution in [-0.2, 0) is 6.54 Å². The standard InChI is InChI=1S/C26H26N4O/c1-2-7-20(8-3-1)19-29-15-12-26(13-16-29)30-24(22-10-4-5-11-25(22)31-26)17-23(28-30)21-9-6-14-27-18-21/h1-11,14,18,24H,12-13,15-17,19H2. The van der Waals surface area contributed by atoms with Gasteiger partial charge in [-0.15, -0.1) is 0 Å². The second-order valence-corrected chi connectivity index (χ2v) is 8.70. The summed E-state index contributed by atoms with van der Waals surface area (Å²) in [6.45, 7) is 2.98. The first-order valence-electron chi connectivity index (χ1n) is 11.1. The number of pyridine rings is 1. The van der Waals surface area contributed by atoms with E-state index in [0.717, 1.165) is 55.9 Å². The molecule has 0 N–H and O–H groups in total. The minimum Gasteiger partial charge on any atom is -0.466 e. The number of hydrogen-bond acceptors (Lipinski definition) is 5. The van der Waals surface area contributed by atoms with Crippen LogP contribution in [0, 0.1) is 0 Å². The summed E-state index contributed by atoms with van der Waals surface area (Å²) in [5, 5.41) is 7.41. The van der Waals surface area contributed by atoms with E-state index in [1.165, 1.54) is 11.1 Å². The molecule has 2 aromatic carbocycles. The summed E-state index contributed by atoms with van der Waals surface area (Å²) in [5.74, 6) is 1.02. The summed E-state index contributed by atoms with van der Waals surface area (Å²) in [7, 11) is 0. The van der Waals surface area contributed by atoms with Crippen molar-refractivity contribution >= 4 is 5.71 Å². The van der Waals surface area contributed by atoms with Gasteiger partial charge in [0.2, 0.25) is 5.72 Å². The Bertz CT molecular complexity index is 1090. The van der Waals surface area contributed by atoms with Gasteiger partial charge in [0.1, 0.15) is 5.75 Å². The summed E-state index contributed by atoms with van der Waals surface area (Å²) < 4.78 is 6.73. The highest BCUT2D eigenvalue weighted by Crippen LogP contribution is 2.49. The third kappa shape index (κ3) is 3.29. The van der Waals surface area contributed by atoms with Crippen LogP contribution in [0.1, 0.15) is 42.0 Å². The lowest BCUT2D eigenvalue weighted by molar-refractivity contribution is -0.150. The number of likely N-dealkylation sites (tertiary alicyclic amines) is 1. The molecule has 0 radical (unpaired) electrons. The zero-order chi connectivity index (χ0) is 20.7. The van der Waals surface area contributed by atoms with Crippen molar-refractivity contribution in [3.8, 4) is 5.75 Å². The molecule has 6 rings (SSSR count). The first-order valence-corrected chi connectivity index (χ1v) is 11.1. The van der Waals surface area contributed by atoms with Crippen molar-refractivity contribution in [2.45, 2.75) is 37.6 Å². The third-order valence-electron chi connectivity index (χ3n) is 6.79. The average Bonchev–Trinajstić information content (AvgIpc) is 3.29. The lowest BCUT2D eigenvalue weighted by atomic mass is 9.90. The van der Waals surface area contributed by atoms with Crippen LogP contribution in [0.25, 0.3) is 0 Å². The van der Waals surface area contributed by atoms with Gasteiger partial charge in [0.05, 0.1) is 11.8 Å². The SMILES string of the molecule is c1ccc(CN2CCC3(CC2)Oc2ccccc2C2CC(c4cccnc4)=NN23)cc1. The van der Waals surface area contributed by atoms with Gasteiger partial charge in [-0.2, -0.15) is 5.10 Å². The molecule has 0 aliphatic carbocycles. The van der Waals surface area contributed by atoms with Crippen LogP contribution in [-0.4, -0.2) is 39.4 Å². The molecular formula is C26H26N4O. The predicted molar refractivity (Wildman–Crippen MR) is 121 cm³/mol. The largest absolute Gasteiger partial charge is 0.466 e. The quantitative estimate of drug-likeness (QED) is 0.632. The number of benzene rings is 2. The Labute approximate surface area is 183 Å². The van der Waals surface area contributed by atoms with Crippen molar-refractivity contribution in [3.05, 3.63) is 95.8 Å². The van der Waals surface area contributed by atoms with Crippen LogP contribution in [0.15, 0.2) is 84.2 Å². The van der Waals surface area contributed by atoms with Gasteiger partial charge in [-0.1, -0.05) is 54.6 Å². The van der Waals surface area contributed by atoms with Crippen LogP contribution < -0.4 is 4.74 Å². The minimum atomic E-state index is -0.379. The molecule has 0 amide bonds.